The van der Waals surface area contributed by atoms with Crippen LogP contribution in [0.2, 0.25) is 0 Å². The summed E-state index contributed by atoms with van der Waals surface area (Å²) in [5, 5.41) is 11.7. The van der Waals surface area contributed by atoms with Gasteiger partial charge in [-0.05, 0) is 18.2 Å². The normalized spacial score (nSPS) is 11.0. The molecule has 0 aliphatic carbocycles. The molecule has 2 aromatic carbocycles. The summed E-state index contributed by atoms with van der Waals surface area (Å²) in [7, 11) is 3.26. The van der Waals surface area contributed by atoms with E-state index in [1.807, 2.05) is 24.3 Å². The van der Waals surface area contributed by atoms with Gasteiger partial charge in [0.2, 0.25) is 0 Å². The lowest BCUT2D eigenvalue weighted by Crippen LogP contribution is -1.95. The molecule has 0 atom stereocenters. The Morgan fingerprint density at radius 1 is 1.14 bits per heavy atom. The highest BCUT2D eigenvalue weighted by Gasteiger charge is 2.16. The molecule has 4 heteroatoms. The van der Waals surface area contributed by atoms with E-state index in [0.717, 1.165) is 33.3 Å². The third kappa shape index (κ3) is 2.00. The summed E-state index contributed by atoms with van der Waals surface area (Å²) in [6, 6.07) is 9.17. The molecular weight excluding hydrogens is 266 g/mol. The molecule has 0 aliphatic heterocycles. The summed E-state index contributed by atoms with van der Waals surface area (Å²) in [5.41, 5.74) is 2.01. The van der Waals surface area contributed by atoms with Crippen molar-refractivity contribution in [2.24, 2.45) is 0 Å². The Bertz CT molecular complexity index is 833. The first-order valence-corrected chi connectivity index (χ1v) is 6.67. The predicted molar refractivity (Wildman–Crippen MR) is 84.4 cm³/mol. The summed E-state index contributed by atoms with van der Waals surface area (Å²) in [4.78, 5) is 0. The lowest BCUT2D eigenvalue weighted by Gasteiger charge is -2.08. The highest BCUT2D eigenvalue weighted by atomic mass is 16.5. The van der Waals surface area contributed by atoms with Gasteiger partial charge >= 0.3 is 0 Å². The van der Waals surface area contributed by atoms with Crippen molar-refractivity contribution in [3.8, 4) is 17.2 Å². The Morgan fingerprint density at radius 2 is 1.95 bits per heavy atom. The van der Waals surface area contributed by atoms with Crippen LogP contribution < -0.4 is 9.47 Å². The molecule has 0 aliphatic rings. The fraction of sp³-hybridized carbons (Fsp3) is 0.176. The molecule has 21 heavy (non-hydrogen) atoms. The highest BCUT2D eigenvalue weighted by molar-refractivity contribution is 6.12. The van der Waals surface area contributed by atoms with Crippen LogP contribution in [-0.2, 0) is 6.54 Å². The molecule has 0 unspecified atom stereocenters. The lowest BCUT2D eigenvalue weighted by molar-refractivity contribution is 0.398. The maximum Gasteiger partial charge on any atom is 0.132 e. The van der Waals surface area contributed by atoms with Crippen molar-refractivity contribution in [1.29, 1.82) is 0 Å². The molecule has 0 fully saturated rings. The van der Waals surface area contributed by atoms with E-state index in [9.17, 15) is 5.11 Å². The van der Waals surface area contributed by atoms with Crippen LogP contribution in [0, 0.1) is 0 Å². The number of fused-ring (bicyclic) bond motifs is 3. The Morgan fingerprint density at radius 3 is 2.62 bits per heavy atom. The van der Waals surface area contributed by atoms with Crippen LogP contribution in [0.5, 0.6) is 17.2 Å². The zero-order chi connectivity index (χ0) is 15.0. The second kappa shape index (κ2) is 5.05. The Balaban J connectivity index is 2.52. The molecular formula is C17H17NO3. The third-order valence-corrected chi connectivity index (χ3v) is 3.65. The minimum atomic E-state index is 0.234. The minimum absolute atomic E-state index is 0.234. The molecule has 0 saturated heterocycles. The standard InChI is InChI=1S/C17H17NO3/c1-4-7-18-14-6-5-11(19)8-13(14)17-15(18)9-12(20-2)10-16(17)21-3/h4-6,8-10,19H,1,7H2,2-3H3. The number of phenolic OH excluding ortho intramolecular Hbond substituents is 1. The molecule has 0 saturated carbocycles. The van der Waals surface area contributed by atoms with Crippen molar-refractivity contribution in [2.45, 2.75) is 6.54 Å². The molecule has 0 radical (unpaired) electrons. The third-order valence-electron chi connectivity index (χ3n) is 3.65. The highest BCUT2D eigenvalue weighted by Crippen LogP contribution is 2.39. The van der Waals surface area contributed by atoms with E-state index in [1.54, 1.807) is 26.4 Å². The fourth-order valence-electron chi connectivity index (χ4n) is 2.75. The van der Waals surface area contributed by atoms with Gasteiger partial charge in [-0.25, -0.2) is 0 Å². The molecule has 3 aromatic rings. The monoisotopic (exact) mass is 283 g/mol. The van der Waals surface area contributed by atoms with Crippen LogP contribution in [0.4, 0.5) is 0 Å². The van der Waals surface area contributed by atoms with Crippen LogP contribution in [0.1, 0.15) is 0 Å². The SMILES string of the molecule is C=CCn1c2ccc(O)cc2c2c(OC)cc(OC)cc21. The van der Waals surface area contributed by atoms with Crippen LogP contribution in [-0.4, -0.2) is 23.9 Å². The van der Waals surface area contributed by atoms with Gasteiger partial charge in [-0.15, -0.1) is 6.58 Å². The van der Waals surface area contributed by atoms with Crippen molar-refractivity contribution in [1.82, 2.24) is 4.57 Å². The summed E-state index contributed by atoms with van der Waals surface area (Å²) < 4.78 is 13.0. The quantitative estimate of drug-likeness (QED) is 0.742. The number of aromatic hydroxyl groups is 1. The molecule has 1 N–H and O–H groups in total. The van der Waals surface area contributed by atoms with E-state index in [0.29, 0.717) is 6.54 Å². The molecule has 0 bridgehead atoms. The van der Waals surface area contributed by atoms with Crippen LogP contribution in [0.3, 0.4) is 0 Å². The zero-order valence-corrected chi connectivity index (χ0v) is 12.1. The molecule has 1 heterocycles. The van der Waals surface area contributed by atoms with Gasteiger partial charge in [0.15, 0.2) is 0 Å². The first-order valence-electron chi connectivity index (χ1n) is 6.67. The minimum Gasteiger partial charge on any atom is -0.508 e. The molecule has 1 aromatic heterocycles. The number of hydrogen-bond acceptors (Lipinski definition) is 3. The summed E-state index contributed by atoms with van der Waals surface area (Å²) in [6.45, 7) is 4.49. The van der Waals surface area contributed by atoms with Gasteiger partial charge in [0.1, 0.15) is 17.2 Å². The second-order valence-corrected chi connectivity index (χ2v) is 4.82. The van der Waals surface area contributed by atoms with Gasteiger partial charge in [0.05, 0.1) is 19.7 Å². The van der Waals surface area contributed by atoms with E-state index >= 15 is 0 Å². The van der Waals surface area contributed by atoms with Gasteiger partial charge in [-0.2, -0.15) is 0 Å². The number of allylic oxidation sites excluding steroid dienone is 1. The average molecular weight is 283 g/mol. The van der Waals surface area contributed by atoms with Crippen molar-refractivity contribution in [3.05, 3.63) is 43.0 Å². The van der Waals surface area contributed by atoms with E-state index < -0.39 is 0 Å². The number of nitrogens with zero attached hydrogens (tertiary/aromatic N) is 1. The summed E-state index contributed by atoms with van der Waals surface area (Å²) >= 11 is 0. The first-order chi connectivity index (χ1) is 10.2. The number of phenols is 1. The maximum absolute atomic E-state index is 9.80. The predicted octanol–water partition coefficient (Wildman–Crippen LogP) is 3.70. The largest absolute Gasteiger partial charge is 0.508 e. The Labute approximate surface area is 122 Å². The van der Waals surface area contributed by atoms with E-state index in [4.69, 9.17) is 9.47 Å². The van der Waals surface area contributed by atoms with Crippen LogP contribution in [0.25, 0.3) is 21.8 Å². The van der Waals surface area contributed by atoms with Crippen molar-refractivity contribution in [2.75, 3.05) is 14.2 Å². The smallest absolute Gasteiger partial charge is 0.132 e. The van der Waals surface area contributed by atoms with Crippen LogP contribution >= 0.6 is 0 Å². The van der Waals surface area contributed by atoms with Gasteiger partial charge in [0.25, 0.3) is 0 Å². The van der Waals surface area contributed by atoms with Gasteiger partial charge < -0.3 is 19.1 Å². The number of benzene rings is 2. The van der Waals surface area contributed by atoms with Crippen molar-refractivity contribution >= 4 is 21.8 Å². The molecule has 108 valence electrons. The van der Waals surface area contributed by atoms with Crippen molar-refractivity contribution < 1.29 is 14.6 Å². The molecule has 0 amide bonds. The fourth-order valence-corrected chi connectivity index (χ4v) is 2.75. The second-order valence-electron chi connectivity index (χ2n) is 4.82. The van der Waals surface area contributed by atoms with Gasteiger partial charge in [-0.1, -0.05) is 6.08 Å². The molecule has 4 nitrogen and oxygen atoms in total. The Kier molecular flexibility index (Phi) is 3.22. The van der Waals surface area contributed by atoms with Gasteiger partial charge in [0, 0.05) is 35.0 Å². The number of rotatable bonds is 4. The zero-order valence-electron chi connectivity index (χ0n) is 12.1. The molecule has 3 rings (SSSR count). The van der Waals surface area contributed by atoms with E-state index in [-0.39, 0.29) is 5.75 Å². The number of methoxy groups -OCH3 is 2. The summed E-state index contributed by atoms with van der Waals surface area (Å²) in [5.74, 6) is 1.69. The topological polar surface area (TPSA) is 43.6 Å². The van der Waals surface area contributed by atoms with E-state index in [2.05, 4.69) is 11.1 Å². The number of aromatic nitrogens is 1. The average Bonchev–Trinajstić information content (AvgIpc) is 2.80. The number of ether oxygens (including phenoxy) is 2. The lowest BCUT2D eigenvalue weighted by atomic mass is 10.1. The van der Waals surface area contributed by atoms with Crippen molar-refractivity contribution in [3.63, 3.8) is 0 Å². The number of hydrogen-bond donors (Lipinski definition) is 1. The Hall–Kier alpha value is -2.62. The first kappa shape index (κ1) is 13.4. The molecule has 0 spiro atoms. The van der Waals surface area contributed by atoms with E-state index in [1.165, 1.54) is 0 Å². The maximum atomic E-state index is 9.80. The van der Waals surface area contributed by atoms with Crippen LogP contribution in [0.15, 0.2) is 43.0 Å². The summed E-state index contributed by atoms with van der Waals surface area (Å²) in [6.07, 6.45) is 1.84. The van der Waals surface area contributed by atoms with Gasteiger partial charge in [-0.3, -0.25) is 0 Å².